The van der Waals surface area contributed by atoms with E-state index in [9.17, 15) is 14.4 Å². The molecule has 34 heavy (non-hydrogen) atoms. The van der Waals surface area contributed by atoms with Crippen LogP contribution in [0.1, 0.15) is 35.6 Å². The Hall–Kier alpha value is -3.30. The number of benzene rings is 1. The minimum Gasteiger partial charge on any atom is -0.350 e. The molecule has 0 fully saturated rings. The number of halogens is 1. The Balaban J connectivity index is 1.55. The lowest BCUT2D eigenvalue weighted by atomic mass is 10.1. The topological polar surface area (TPSA) is 104 Å². The SMILES string of the molecule is CC(C)CN(CC(=O)Nc1nc(CC(=O)NCc2ccccn2)cs1)C(=O)c1ccccc1Cl. The number of aromatic nitrogens is 2. The quantitative estimate of drug-likeness (QED) is 0.441. The highest BCUT2D eigenvalue weighted by molar-refractivity contribution is 7.13. The largest absolute Gasteiger partial charge is 0.350 e. The number of nitrogens with one attached hydrogen (secondary N) is 2. The van der Waals surface area contributed by atoms with Crippen LogP contribution in [-0.4, -0.2) is 45.7 Å². The van der Waals surface area contributed by atoms with E-state index in [1.54, 1.807) is 35.8 Å². The second-order valence-electron chi connectivity index (χ2n) is 8.03. The Kier molecular flexibility index (Phi) is 9.12. The van der Waals surface area contributed by atoms with Crippen molar-refractivity contribution in [2.45, 2.75) is 26.8 Å². The lowest BCUT2D eigenvalue weighted by Crippen LogP contribution is -2.40. The van der Waals surface area contributed by atoms with Crippen molar-refractivity contribution in [3.63, 3.8) is 0 Å². The third kappa shape index (κ3) is 7.64. The van der Waals surface area contributed by atoms with Crippen LogP contribution in [0, 0.1) is 5.92 Å². The summed E-state index contributed by atoms with van der Waals surface area (Å²) in [4.78, 5) is 47.8. The van der Waals surface area contributed by atoms with E-state index in [1.807, 2.05) is 32.0 Å². The van der Waals surface area contributed by atoms with Gasteiger partial charge in [0.15, 0.2) is 5.13 Å². The van der Waals surface area contributed by atoms with Gasteiger partial charge in [0.1, 0.15) is 6.54 Å². The molecule has 178 valence electrons. The van der Waals surface area contributed by atoms with Gasteiger partial charge in [0, 0.05) is 18.1 Å². The first kappa shape index (κ1) is 25.3. The van der Waals surface area contributed by atoms with E-state index >= 15 is 0 Å². The van der Waals surface area contributed by atoms with Gasteiger partial charge >= 0.3 is 0 Å². The summed E-state index contributed by atoms with van der Waals surface area (Å²) in [5.74, 6) is -0.710. The van der Waals surface area contributed by atoms with Crippen LogP contribution >= 0.6 is 22.9 Å². The number of thiazole rings is 1. The van der Waals surface area contributed by atoms with Crippen LogP contribution in [0.2, 0.25) is 5.02 Å². The van der Waals surface area contributed by atoms with E-state index in [4.69, 9.17) is 11.6 Å². The zero-order valence-electron chi connectivity index (χ0n) is 19.0. The zero-order chi connectivity index (χ0) is 24.5. The number of amides is 3. The Labute approximate surface area is 207 Å². The molecule has 0 aliphatic heterocycles. The number of pyridine rings is 1. The fraction of sp³-hybridized carbons (Fsp3) is 0.292. The van der Waals surface area contributed by atoms with Gasteiger partial charge in [0.05, 0.1) is 34.9 Å². The van der Waals surface area contributed by atoms with Gasteiger partial charge in [-0.3, -0.25) is 19.4 Å². The van der Waals surface area contributed by atoms with E-state index in [2.05, 4.69) is 20.6 Å². The molecule has 0 aliphatic rings. The van der Waals surface area contributed by atoms with Crippen LogP contribution < -0.4 is 10.6 Å². The predicted molar refractivity (Wildman–Crippen MR) is 133 cm³/mol. The summed E-state index contributed by atoms with van der Waals surface area (Å²) in [5.41, 5.74) is 1.66. The second kappa shape index (κ2) is 12.2. The smallest absolute Gasteiger partial charge is 0.255 e. The first-order valence-corrected chi connectivity index (χ1v) is 12.0. The van der Waals surface area contributed by atoms with Crippen molar-refractivity contribution in [3.05, 3.63) is 76.0 Å². The molecule has 10 heteroatoms. The third-order valence-corrected chi connectivity index (χ3v) is 5.78. The highest BCUT2D eigenvalue weighted by Crippen LogP contribution is 2.19. The summed E-state index contributed by atoms with van der Waals surface area (Å²) >= 11 is 7.40. The monoisotopic (exact) mass is 499 g/mol. The van der Waals surface area contributed by atoms with E-state index in [-0.39, 0.29) is 36.6 Å². The fourth-order valence-corrected chi connectivity index (χ4v) is 4.10. The van der Waals surface area contributed by atoms with Gasteiger partial charge in [0.25, 0.3) is 5.91 Å². The minimum atomic E-state index is -0.374. The highest BCUT2D eigenvalue weighted by atomic mass is 35.5. The number of carbonyl (C=O) groups excluding carboxylic acids is 3. The Morgan fingerprint density at radius 2 is 1.82 bits per heavy atom. The maximum atomic E-state index is 13.0. The second-order valence-corrected chi connectivity index (χ2v) is 9.29. The normalized spacial score (nSPS) is 10.7. The molecule has 0 saturated carbocycles. The van der Waals surface area contributed by atoms with Gasteiger partial charge < -0.3 is 15.5 Å². The van der Waals surface area contributed by atoms with Crippen molar-refractivity contribution in [2.75, 3.05) is 18.4 Å². The molecule has 2 aromatic heterocycles. The average Bonchev–Trinajstić information content (AvgIpc) is 3.24. The van der Waals surface area contributed by atoms with Crippen LogP contribution in [0.5, 0.6) is 0 Å². The third-order valence-electron chi connectivity index (χ3n) is 4.64. The molecule has 0 unspecified atom stereocenters. The maximum absolute atomic E-state index is 13.0. The molecule has 3 amide bonds. The van der Waals surface area contributed by atoms with Gasteiger partial charge in [-0.1, -0.05) is 43.6 Å². The van der Waals surface area contributed by atoms with Crippen LogP contribution in [-0.2, 0) is 22.6 Å². The molecule has 8 nitrogen and oxygen atoms in total. The van der Waals surface area contributed by atoms with E-state index in [1.165, 1.54) is 16.2 Å². The molecule has 0 aliphatic carbocycles. The summed E-state index contributed by atoms with van der Waals surface area (Å²) in [7, 11) is 0. The van der Waals surface area contributed by atoms with Crippen molar-refractivity contribution in [2.24, 2.45) is 5.92 Å². The van der Waals surface area contributed by atoms with Crippen molar-refractivity contribution < 1.29 is 14.4 Å². The van der Waals surface area contributed by atoms with Crippen molar-refractivity contribution in [1.82, 2.24) is 20.2 Å². The van der Waals surface area contributed by atoms with Crippen LogP contribution in [0.3, 0.4) is 0 Å². The lowest BCUT2D eigenvalue weighted by molar-refractivity contribution is -0.120. The average molecular weight is 500 g/mol. The van der Waals surface area contributed by atoms with Crippen molar-refractivity contribution >= 4 is 45.8 Å². The molecule has 3 aromatic rings. The number of rotatable bonds is 10. The number of carbonyl (C=O) groups is 3. The first-order chi connectivity index (χ1) is 16.3. The van der Waals surface area contributed by atoms with Gasteiger partial charge in [-0.15, -0.1) is 11.3 Å². The fourth-order valence-electron chi connectivity index (χ4n) is 3.16. The van der Waals surface area contributed by atoms with E-state index in [0.717, 1.165) is 5.69 Å². The van der Waals surface area contributed by atoms with Gasteiger partial charge in [-0.2, -0.15) is 0 Å². The standard InChI is InChI=1S/C24H26ClN5O3S/c1-16(2)13-30(23(33)19-8-3-4-9-20(19)25)14-22(32)29-24-28-18(15-34-24)11-21(31)27-12-17-7-5-6-10-26-17/h3-10,15-16H,11-14H2,1-2H3,(H,27,31)(H,28,29,32). The van der Waals surface area contributed by atoms with Gasteiger partial charge in [0.2, 0.25) is 11.8 Å². The summed E-state index contributed by atoms with van der Waals surface area (Å²) in [5, 5.41) is 7.94. The molecule has 2 N–H and O–H groups in total. The van der Waals surface area contributed by atoms with Crippen molar-refractivity contribution in [3.8, 4) is 0 Å². The first-order valence-electron chi connectivity index (χ1n) is 10.8. The molecule has 2 heterocycles. The molecule has 0 spiro atoms. The molecular formula is C24H26ClN5O3S. The molecule has 3 rings (SSSR count). The number of anilines is 1. The van der Waals surface area contributed by atoms with Crippen molar-refractivity contribution in [1.29, 1.82) is 0 Å². The molecule has 0 radical (unpaired) electrons. The zero-order valence-corrected chi connectivity index (χ0v) is 20.5. The molecule has 0 bridgehead atoms. The molecule has 0 atom stereocenters. The number of hydrogen-bond donors (Lipinski definition) is 2. The molecule has 0 saturated heterocycles. The number of nitrogens with zero attached hydrogens (tertiary/aromatic N) is 3. The number of hydrogen-bond acceptors (Lipinski definition) is 6. The van der Waals surface area contributed by atoms with Crippen LogP contribution in [0.15, 0.2) is 54.0 Å². The highest BCUT2D eigenvalue weighted by Gasteiger charge is 2.22. The predicted octanol–water partition coefficient (Wildman–Crippen LogP) is 3.79. The van der Waals surface area contributed by atoms with E-state index in [0.29, 0.717) is 34.5 Å². The summed E-state index contributed by atoms with van der Waals surface area (Å²) in [6.07, 6.45) is 1.75. The summed E-state index contributed by atoms with van der Waals surface area (Å²) < 4.78 is 0. The Morgan fingerprint density at radius 1 is 1.06 bits per heavy atom. The van der Waals surface area contributed by atoms with E-state index < -0.39 is 0 Å². The Bertz CT molecular complexity index is 1140. The van der Waals surface area contributed by atoms with Crippen LogP contribution in [0.25, 0.3) is 0 Å². The molecule has 1 aromatic carbocycles. The summed E-state index contributed by atoms with van der Waals surface area (Å²) in [6, 6.07) is 12.3. The summed E-state index contributed by atoms with van der Waals surface area (Å²) in [6.45, 7) is 4.53. The van der Waals surface area contributed by atoms with Gasteiger partial charge in [-0.25, -0.2) is 4.98 Å². The molecular weight excluding hydrogens is 474 g/mol. The maximum Gasteiger partial charge on any atom is 0.255 e. The Morgan fingerprint density at radius 3 is 2.53 bits per heavy atom. The minimum absolute atomic E-state index is 0.0870. The van der Waals surface area contributed by atoms with Crippen LogP contribution in [0.4, 0.5) is 5.13 Å². The van der Waals surface area contributed by atoms with Gasteiger partial charge in [-0.05, 0) is 30.2 Å². The lowest BCUT2D eigenvalue weighted by Gasteiger charge is -2.24.